The van der Waals surface area contributed by atoms with Crippen molar-refractivity contribution in [3.05, 3.63) is 29.6 Å². The molecule has 3 nitrogen and oxygen atoms in total. The maximum Gasteiger partial charge on any atom is 0.129 e. The Morgan fingerprint density at radius 2 is 2.11 bits per heavy atom. The summed E-state index contributed by atoms with van der Waals surface area (Å²) in [6, 6.07) is 5.04. The topological polar surface area (TPSA) is 30.5 Å². The van der Waals surface area contributed by atoms with Crippen LogP contribution in [-0.4, -0.2) is 32.9 Å². The van der Waals surface area contributed by atoms with Gasteiger partial charge in [-0.05, 0) is 31.5 Å². The summed E-state index contributed by atoms with van der Waals surface area (Å²) in [5, 5.41) is 3.32. The van der Waals surface area contributed by atoms with Gasteiger partial charge in [-0.15, -0.1) is 0 Å². The number of methoxy groups -OCH3 is 1. The van der Waals surface area contributed by atoms with Crippen molar-refractivity contribution in [1.82, 2.24) is 5.32 Å². The molecule has 0 aliphatic heterocycles. The summed E-state index contributed by atoms with van der Waals surface area (Å²) in [6.45, 7) is 5.80. The molecule has 0 saturated carbocycles. The molecule has 102 valence electrons. The third-order valence-corrected chi connectivity index (χ3v) is 2.65. The van der Waals surface area contributed by atoms with Crippen molar-refractivity contribution in [2.75, 3.05) is 26.9 Å². The van der Waals surface area contributed by atoms with Crippen molar-refractivity contribution in [3.63, 3.8) is 0 Å². The van der Waals surface area contributed by atoms with Crippen LogP contribution in [0.3, 0.4) is 0 Å². The average Bonchev–Trinajstić information content (AvgIpc) is 2.37. The highest BCUT2D eigenvalue weighted by Gasteiger charge is 2.09. The summed E-state index contributed by atoms with van der Waals surface area (Å²) in [5.41, 5.74) is 0.625. The van der Waals surface area contributed by atoms with Crippen LogP contribution in [-0.2, 0) is 4.74 Å². The van der Waals surface area contributed by atoms with Crippen LogP contribution in [0.4, 0.5) is 4.39 Å². The number of benzene rings is 1. The fraction of sp³-hybridized carbons (Fsp3) is 0.571. The minimum Gasteiger partial charge on any atom is -0.492 e. The number of rotatable bonds is 8. The number of ether oxygens (including phenoxy) is 2. The Labute approximate surface area is 108 Å². The lowest BCUT2D eigenvalue weighted by Gasteiger charge is -2.18. The van der Waals surface area contributed by atoms with Gasteiger partial charge in [-0.3, -0.25) is 0 Å². The van der Waals surface area contributed by atoms with E-state index in [-0.39, 0.29) is 11.9 Å². The minimum atomic E-state index is -0.239. The number of aryl methyl sites for hydroxylation is 1. The highest BCUT2D eigenvalue weighted by Crippen LogP contribution is 2.15. The molecule has 1 rings (SSSR count). The molecule has 0 saturated heterocycles. The van der Waals surface area contributed by atoms with E-state index in [4.69, 9.17) is 9.47 Å². The molecule has 1 aromatic rings. The van der Waals surface area contributed by atoms with Crippen molar-refractivity contribution >= 4 is 0 Å². The van der Waals surface area contributed by atoms with Crippen LogP contribution in [0, 0.1) is 12.7 Å². The molecule has 0 bridgehead atoms. The molecular formula is C14H22FNO2. The summed E-state index contributed by atoms with van der Waals surface area (Å²) >= 11 is 0. The Morgan fingerprint density at radius 1 is 1.33 bits per heavy atom. The Hall–Kier alpha value is -1.13. The molecule has 4 heteroatoms. The first-order valence-corrected chi connectivity index (χ1v) is 6.28. The standard InChI is InChI=1S/C14H22FNO2/c1-4-7-16-12(9-17-3)10-18-13-6-5-11(2)14(15)8-13/h5-6,8,12,16H,4,7,9-10H2,1-3H3. The second-order valence-corrected chi connectivity index (χ2v) is 4.33. The zero-order valence-electron chi connectivity index (χ0n) is 11.3. The number of hydrogen-bond acceptors (Lipinski definition) is 3. The number of hydrogen-bond donors (Lipinski definition) is 1. The molecule has 0 radical (unpaired) electrons. The van der Waals surface area contributed by atoms with Gasteiger partial charge in [0.1, 0.15) is 18.2 Å². The van der Waals surface area contributed by atoms with Gasteiger partial charge in [-0.2, -0.15) is 0 Å². The molecule has 0 fully saturated rings. The predicted octanol–water partition coefficient (Wildman–Crippen LogP) is 2.53. The van der Waals surface area contributed by atoms with Crippen LogP contribution in [0.5, 0.6) is 5.75 Å². The van der Waals surface area contributed by atoms with E-state index in [1.807, 2.05) is 0 Å². The zero-order valence-corrected chi connectivity index (χ0v) is 11.3. The van der Waals surface area contributed by atoms with E-state index in [1.54, 1.807) is 26.2 Å². The monoisotopic (exact) mass is 255 g/mol. The van der Waals surface area contributed by atoms with Crippen LogP contribution in [0.15, 0.2) is 18.2 Å². The maximum absolute atomic E-state index is 13.3. The van der Waals surface area contributed by atoms with Crippen molar-refractivity contribution in [2.24, 2.45) is 0 Å². The van der Waals surface area contributed by atoms with Crippen molar-refractivity contribution < 1.29 is 13.9 Å². The van der Waals surface area contributed by atoms with Crippen molar-refractivity contribution in [1.29, 1.82) is 0 Å². The molecule has 0 aromatic heterocycles. The molecule has 0 aliphatic rings. The smallest absolute Gasteiger partial charge is 0.129 e. The second-order valence-electron chi connectivity index (χ2n) is 4.33. The van der Waals surface area contributed by atoms with Gasteiger partial charge >= 0.3 is 0 Å². The summed E-state index contributed by atoms with van der Waals surface area (Å²) in [7, 11) is 1.66. The average molecular weight is 255 g/mol. The summed E-state index contributed by atoms with van der Waals surface area (Å²) in [5.74, 6) is 0.315. The van der Waals surface area contributed by atoms with Crippen LogP contribution >= 0.6 is 0 Å². The number of halogens is 1. The van der Waals surface area contributed by atoms with Crippen LogP contribution in [0.1, 0.15) is 18.9 Å². The van der Waals surface area contributed by atoms with E-state index < -0.39 is 0 Å². The molecule has 1 atom stereocenters. The lowest BCUT2D eigenvalue weighted by Crippen LogP contribution is -2.38. The Morgan fingerprint density at radius 3 is 2.72 bits per heavy atom. The van der Waals surface area contributed by atoms with Crippen LogP contribution in [0.25, 0.3) is 0 Å². The van der Waals surface area contributed by atoms with Gasteiger partial charge < -0.3 is 14.8 Å². The second kappa shape index (κ2) is 8.06. The first-order chi connectivity index (χ1) is 8.67. The van der Waals surface area contributed by atoms with E-state index in [0.29, 0.717) is 24.5 Å². The Balaban J connectivity index is 2.47. The number of nitrogens with one attached hydrogen (secondary N) is 1. The van der Waals surface area contributed by atoms with E-state index in [0.717, 1.165) is 13.0 Å². The van der Waals surface area contributed by atoms with Crippen molar-refractivity contribution in [2.45, 2.75) is 26.3 Å². The third kappa shape index (κ3) is 5.02. The van der Waals surface area contributed by atoms with Crippen molar-refractivity contribution in [3.8, 4) is 5.75 Å². The summed E-state index contributed by atoms with van der Waals surface area (Å²) in [4.78, 5) is 0. The van der Waals surface area contributed by atoms with Gasteiger partial charge in [0.25, 0.3) is 0 Å². The first kappa shape index (κ1) is 14.9. The van der Waals surface area contributed by atoms with E-state index in [1.165, 1.54) is 6.07 Å². The zero-order chi connectivity index (χ0) is 13.4. The maximum atomic E-state index is 13.3. The van der Waals surface area contributed by atoms with Gasteiger partial charge in [-0.1, -0.05) is 13.0 Å². The molecule has 1 N–H and O–H groups in total. The van der Waals surface area contributed by atoms with Gasteiger partial charge in [-0.25, -0.2) is 4.39 Å². The van der Waals surface area contributed by atoms with Crippen LogP contribution < -0.4 is 10.1 Å². The molecule has 0 aliphatic carbocycles. The normalized spacial score (nSPS) is 12.4. The summed E-state index contributed by atoms with van der Waals surface area (Å²) in [6.07, 6.45) is 1.05. The Bertz CT molecular complexity index is 358. The van der Waals surface area contributed by atoms with Crippen LogP contribution in [0.2, 0.25) is 0 Å². The molecule has 0 heterocycles. The quantitative estimate of drug-likeness (QED) is 0.774. The molecule has 0 spiro atoms. The Kier molecular flexibility index (Phi) is 6.68. The fourth-order valence-corrected chi connectivity index (χ4v) is 1.58. The van der Waals surface area contributed by atoms with E-state index >= 15 is 0 Å². The highest BCUT2D eigenvalue weighted by molar-refractivity contribution is 5.27. The van der Waals surface area contributed by atoms with E-state index in [9.17, 15) is 4.39 Å². The van der Waals surface area contributed by atoms with E-state index in [2.05, 4.69) is 12.2 Å². The SMILES string of the molecule is CCCNC(COC)COc1ccc(C)c(F)c1. The molecule has 1 aromatic carbocycles. The van der Waals surface area contributed by atoms with Gasteiger partial charge in [0, 0.05) is 13.2 Å². The third-order valence-electron chi connectivity index (χ3n) is 2.65. The van der Waals surface area contributed by atoms with Gasteiger partial charge in [0.15, 0.2) is 0 Å². The fourth-order valence-electron chi connectivity index (χ4n) is 1.58. The van der Waals surface area contributed by atoms with Gasteiger partial charge in [0.05, 0.1) is 12.6 Å². The minimum absolute atomic E-state index is 0.124. The summed E-state index contributed by atoms with van der Waals surface area (Å²) < 4.78 is 24.0. The molecule has 0 amide bonds. The lowest BCUT2D eigenvalue weighted by molar-refractivity contribution is 0.136. The largest absolute Gasteiger partial charge is 0.492 e. The van der Waals surface area contributed by atoms with Gasteiger partial charge in [0.2, 0.25) is 0 Å². The molecule has 1 unspecified atom stereocenters. The molecular weight excluding hydrogens is 233 g/mol. The predicted molar refractivity (Wildman–Crippen MR) is 70.6 cm³/mol. The molecule has 18 heavy (non-hydrogen) atoms. The first-order valence-electron chi connectivity index (χ1n) is 6.28. The highest BCUT2D eigenvalue weighted by atomic mass is 19.1. The lowest BCUT2D eigenvalue weighted by atomic mass is 10.2.